The zero-order valence-corrected chi connectivity index (χ0v) is 14.4. The first-order valence-corrected chi connectivity index (χ1v) is 8.17. The highest BCUT2D eigenvalue weighted by atomic mass is 32.1. The van der Waals surface area contributed by atoms with E-state index in [4.69, 9.17) is 4.74 Å². The maximum Gasteiger partial charge on any atom is 0.346 e. The van der Waals surface area contributed by atoms with Crippen LogP contribution in [0.25, 0.3) is 0 Å². The van der Waals surface area contributed by atoms with E-state index in [1.165, 1.54) is 6.21 Å². The molecule has 0 radical (unpaired) electrons. The highest BCUT2D eigenvalue weighted by Gasteiger charge is 2.49. The molecule has 6 nitrogen and oxygen atoms in total. The minimum atomic E-state index is -1.15. The smallest absolute Gasteiger partial charge is 0.346 e. The molecule has 1 saturated heterocycles. The molecule has 2 aromatic rings. The van der Waals surface area contributed by atoms with Crippen molar-refractivity contribution in [3.8, 4) is 5.75 Å². The molecule has 1 atom stereocenters. The molecule has 1 aliphatic heterocycles. The Morgan fingerprint density at radius 2 is 1.92 bits per heavy atom. The van der Waals surface area contributed by atoms with Crippen molar-refractivity contribution in [1.82, 2.24) is 10.3 Å². The molecule has 1 aromatic carbocycles. The maximum absolute atomic E-state index is 12.7. The number of rotatable bonds is 4. The van der Waals surface area contributed by atoms with E-state index in [0.717, 1.165) is 14.8 Å². The summed E-state index contributed by atoms with van der Waals surface area (Å²) in [5.74, 6) is 0.268. The Morgan fingerprint density at radius 1 is 1.21 bits per heavy atom. The summed E-state index contributed by atoms with van der Waals surface area (Å²) >= 11 is 1.54. The van der Waals surface area contributed by atoms with Gasteiger partial charge in [0.25, 0.3) is 5.91 Å². The standard InChI is InChI=1S/C17H17N3O3S/c1-11-4-9-14(24-11)10-18-20-15(21)17(2,19-16(20)22)12-5-7-13(23-3)8-6-12/h4-10H,1-3H3,(H,19,22)/b18-10+. The number of amides is 3. The van der Waals surface area contributed by atoms with Crippen molar-refractivity contribution in [2.24, 2.45) is 5.10 Å². The van der Waals surface area contributed by atoms with E-state index in [9.17, 15) is 9.59 Å². The molecule has 1 N–H and O–H groups in total. The molecule has 0 bridgehead atoms. The van der Waals surface area contributed by atoms with Crippen LogP contribution in [0.2, 0.25) is 0 Å². The molecule has 1 unspecified atom stereocenters. The number of urea groups is 1. The van der Waals surface area contributed by atoms with Crippen molar-refractivity contribution in [3.05, 3.63) is 51.7 Å². The van der Waals surface area contributed by atoms with Crippen LogP contribution >= 0.6 is 11.3 Å². The predicted octanol–water partition coefficient (Wildman–Crippen LogP) is 2.87. The van der Waals surface area contributed by atoms with Crippen molar-refractivity contribution in [1.29, 1.82) is 0 Å². The third-order valence-corrected chi connectivity index (χ3v) is 4.83. The number of hydrogen-bond acceptors (Lipinski definition) is 5. The van der Waals surface area contributed by atoms with Gasteiger partial charge in [0.15, 0.2) is 0 Å². The monoisotopic (exact) mass is 343 g/mol. The van der Waals surface area contributed by atoms with Crippen LogP contribution in [-0.2, 0) is 10.3 Å². The van der Waals surface area contributed by atoms with E-state index in [1.54, 1.807) is 49.6 Å². The fraction of sp³-hybridized carbons (Fsp3) is 0.235. The van der Waals surface area contributed by atoms with E-state index in [1.807, 2.05) is 19.1 Å². The van der Waals surface area contributed by atoms with Crippen LogP contribution in [0.4, 0.5) is 4.79 Å². The molecule has 1 aliphatic rings. The number of methoxy groups -OCH3 is 1. The zero-order valence-electron chi connectivity index (χ0n) is 13.6. The quantitative estimate of drug-likeness (QED) is 0.685. The lowest BCUT2D eigenvalue weighted by Crippen LogP contribution is -2.40. The van der Waals surface area contributed by atoms with Gasteiger partial charge in [-0.15, -0.1) is 16.3 Å². The summed E-state index contributed by atoms with van der Waals surface area (Å²) < 4.78 is 5.12. The van der Waals surface area contributed by atoms with Gasteiger partial charge in [0.05, 0.1) is 13.3 Å². The van der Waals surface area contributed by atoms with Crippen molar-refractivity contribution in [2.45, 2.75) is 19.4 Å². The van der Waals surface area contributed by atoms with Gasteiger partial charge >= 0.3 is 6.03 Å². The molecule has 1 fully saturated rings. The summed E-state index contributed by atoms with van der Waals surface area (Å²) in [6, 6.07) is 10.3. The summed E-state index contributed by atoms with van der Waals surface area (Å²) in [5.41, 5.74) is -0.474. The molecular weight excluding hydrogens is 326 g/mol. The third kappa shape index (κ3) is 2.78. The average molecular weight is 343 g/mol. The molecule has 2 heterocycles. The molecule has 3 amide bonds. The molecule has 0 saturated carbocycles. The van der Waals surface area contributed by atoms with Crippen LogP contribution in [0.5, 0.6) is 5.75 Å². The molecule has 124 valence electrons. The number of nitrogens with zero attached hydrogens (tertiary/aromatic N) is 2. The van der Waals surface area contributed by atoms with Crippen molar-refractivity contribution >= 4 is 29.5 Å². The lowest BCUT2D eigenvalue weighted by molar-refractivity contribution is -0.131. The number of aryl methyl sites for hydroxylation is 1. The van der Waals surface area contributed by atoms with Gasteiger partial charge in [-0.05, 0) is 43.7 Å². The topological polar surface area (TPSA) is 71.0 Å². The Morgan fingerprint density at radius 3 is 2.50 bits per heavy atom. The zero-order chi connectivity index (χ0) is 17.3. The highest BCUT2D eigenvalue weighted by Crippen LogP contribution is 2.30. The second-order valence-corrected chi connectivity index (χ2v) is 6.91. The third-order valence-electron chi connectivity index (χ3n) is 3.90. The predicted molar refractivity (Wildman–Crippen MR) is 92.4 cm³/mol. The lowest BCUT2D eigenvalue weighted by Gasteiger charge is -2.21. The van der Waals surface area contributed by atoms with Crippen molar-refractivity contribution in [2.75, 3.05) is 7.11 Å². The van der Waals surface area contributed by atoms with Crippen LogP contribution in [-0.4, -0.2) is 30.3 Å². The van der Waals surface area contributed by atoms with E-state index in [2.05, 4.69) is 10.4 Å². The minimum absolute atomic E-state index is 0.415. The van der Waals surface area contributed by atoms with Crippen LogP contribution in [0.15, 0.2) is 41.5 Å². The molecule has 7 heteroatoms. The Hall–Kier alpha value is -2.67. The van der Waals surface area contributed by atoms with E-state index >= 15 is 0 Å². The fourth-order valence-corrected chi connectivity index (χ4v) is 3.23. The summed E-state index contributed by atoms with van der Waals surface area (Å²) in [6.07, 6.45) is 1.52. The first-order chi connectivity index (χ1) is 11.4. The van der Waals surface area contributed by atoms with Gasteiger partial charge in [-0.3, -0.25) is 4.79 Å². The van der Waals surface area contributed by atoms with Crippen molar-refractivity contribution < 1.29 is 14.3 Å². The first kappa shape index (κ1) is 16.2. The van der Waals surface area contributed by atoms with E-state index < -0.39 is 17.5 Å². The minimum Gasteiger partial charge on any atom is -0.497 e. The molecular formula is C17H17N3O3S. The van der Waals surface area contributed by atoms with Gasteiger partial charge in [-0.1, -0.05) is 12.1 Å². The number of hydrazone groups is 1. The molecule has 24 heavy (non-hydrogen) atoms. The first-order valence-electron chi connectivity index (χ1n) is 7.36. The van der Waals surface area contributed by atoms with Gasteiger partial charge in [0.2, 0.25) is 0 Å². The molecule has 0 aliphatic carbocycles. The van der Waals surface area contributed by atoms with Crippen LogP contribution in [0, 0.1) is 6.92 Å². The van der Waals surface area contributed by atoms with E-state index in [-0.39, 0.29) is 0 Å². The number of hydrogen-bond donors (Lipinski definition) is 1. The van der Waals surface area contributed by atoms with E-state index in [0.29, 0.717) is 11.3 Å². The largest absolute Gasteiger partial charge is 0.497 e. The number of ether oxygens (including phenoxy) is 1. The lowest BCUT2D eigenvalue weighted by atomic mass is 9.92. The van der Waals surface area contributed by atoms with Crippen LogP contribution in [0.3, 0.4) is 0 Å². The second kappa shape index (κ2) is 6.09. The number of benzene rings is 1. The normalized spacial score (nSPS) is 20.7. The molecule has 3 rings (SSSR count). The summed E-state index contributed by atoms with van der Waals surface area (Å²) in [4.78, 5) is 26.9. The summed E-state index contributed by atoms with van der Waals surface area (Å²) in [7, 11) is 1.57. The Labute approximate surface area is 143 Å². The Bertz CT molecular complexity index is 813. The SMILES string of the molecule is COc1ccc(C2(C)NC(=O)N(/N=C/c3ccc(C)s3)C2=O)cc1. The van der Waals surface area contributed by atoms with Gasteiger partial charge in [-0.2, -0.15) is 5.10 Å². The number of carbonyl (C=O) groups excluding carboxylic acids is 2. The molecule has 1 aromatic heterocycles. The number of nitrogens with one attached hydrogen (secondary N) is 1. The molecule has 0 spiro atoms. The van der Waals surface area contributed by atoms with Gasteiger partial charge < -0.3 is 10.1 Å². The Kier molecular flexibility index (Phi) is 4.11. The van der Waals surface area contributed by atoms with Gasteiger partial charge in [0, 0.05) is 9.75 Å². The Balaban J connectivity index is 1.85. The average Bonchev–Trinajstić information content (AvgIpc) is 3.08. The van der Waals surface area contributed by atoms with Gasteiger partial charge in [-0.25, -0.2) is 4.79 Å². The number of thiophene rings is 1. The fourth-order valence-electron chi connectivity index (χ4n) is 2.49. The van der Waals surface area contributed by atoms with Crippen molar-refractivity contribution in [3.63, 3.8) is 0 Å². The van der Waals surface area contributed by atoms with Crippen LogP contribution in [0.1, 0.15) is 22.2 Å². The maximum atomic E-state index is 12.7. The van der Waals surface area contributed by atoms with Crippen LogP contribution < -0.4 is 10.1 Å². The number of imide groups is 1. The van der Waals surface area contributed by atoms with Gasteiger partial charge in [0.1, 0.15) is 11.3 Å². The number of carbonyl (C=O) groups is 2. The second-order valence-electron chi connectivity index (χ2n) is 5.59. The summed E-state index contributed by atoms with van der Waals surface area (Å²) in [5, 5.41) is 7.64. The summed E-state index contributed by atoms with van der Waals surface area (Å²) in [6.45, 7) is 3.65. The highest BCUT2D eigenvalue weighted by molar-refractivity contribution is 7.13.